The highest BCUT2D eigenvalue weighted by Crippen LogP contribution is 2.24. The monoisotopic (exact) mass is 432 g/mol. The van der Waals surface area contributed by atoms with Crippen LogP contribution < -0.4 is 5.32 Å². The number of rotatable bonds is 5. The molecule has 1 N–H and O–H groups in total. The molecule has 0 spiro atoms. The quantitative estimate of drug-likeness (QED) is 0.776. The number of nitrogens with zero attached hydrogens (tertiary/aromatic N) is 3. The van der Waals surface area contributed by atoms with Crippen molar-refractivity contribution in [3.05, 3.63) is 36.0 Å². The third-order valence-electron chi connectivity index (χ3n) is 4.98. The van der Waals surface area contributed by atoms with E-state index in [0.717, 1.165) is 12.8 Å². The van der Waals surface area contributed by atoms with Crippen LogP contribution in [0.15, 0.2) is 28.8 Å². The van der Waals surface area contributed by atoms with Gasteiger partial charge in [0.05, 0.1) is 5.56 Å². The van der Waals surface area contributed by atoms with Crippen molar-refractivity contribution >= 4 is 12.0 Å². The Hall–Kier alpha value is -2.97. The summed E-state index contributed by atoms with van der Waals surface area (Å²) in [5, 5.41) is 6.48. The molecule has 3 rings (SSSR count). The number of halogens is 1. The maximum absolute atomic E-state index is 13.9. The fourth-order valence-electron chi connectivity index (χ4n) is 3.59. The molecule has 31 heavy (non-hydrogen) atoms. The van der Waals surface area contributed by atoms with Crippen molar-refractivity contribution in [3.8, 4) is 11.4 Å². The maximum atomic E-state index is 13.9. The van der Waals surface area contributed by atoms with Crippen LogP contribution in [0.4, 0.5) is 9.18 Å². The smallest absolute Gasteiger partial charge is 0.408 e. The Bertz CT molecular complexity index is 924. The Morgan fingerprint density at radius 1 is 1.35 bits per heavy atom. The van der Waals surface area contributed by atoms with Crippen molar-refractivity contribution in [2.75, 3.05) is 13.1 Å². The molecule has 1 aliphatic rings. The number of carbonyl (C=O) groups is 2. The first-order valence-electron chi connectivity index (χ1n) is 10.5. The molecular formula is C22H29FN4O4. The lowest BCUT2D eigenvalue weighted by atomic mass is 9.94. The topological polar surface area (TPSA) is 97.6 Å². The number of alkyl carbamates (subject to hydrolysis) is 1. The first-order valence-corrected chi connectivity index (χ1v) is 10.5. The summed E-state index contributed by atoms with van der Waals surface area (Å²) in [6.45, 7) is 8.10. The Kier molecular flexibility index (Phi) is 6.92. The van der Waals surface area contributed by atoms with Gasteiger partial charge in [-0.05, 0) is 58.6 Å². The SMILES string of the molecule is C[C@H](NC(=O)OC(C)(C)C)C(=O)N1CCC[C@@H](Cc2nc(-c3ccccc3F)no2)C1. The summed E-state index contributed by atoms with van der Waals surface area (Å²) >= 11 is 0. The van der Waals surface area contributed by atoms with Crippen LogP contribution in [-0.4, -0.2) is 51.8 Å². The van der Waals surface area contributed by atoms with Crippen molar-refractivity contribution in [3.63, 3.8) is 0 Å². The lowest BCUT2D eigenvalue weighted by molar-refractivity contribution is -0.134. The fourth-order valence-corrected chi connectivity index (χ4v) is 3.59. The minimum atomic E-state index is -0.690. The number of hydrogen-bond acceptors (Lipinski definition) is 6. The third-order valence-corrected chi connectivity index (χ3v) is 4.98. The molecule has 2 atom stereocenters. The molecule has 9 heteroatoms. The van der Waals surface area contributed by atoms with Crippen molar-refractivity contribution in [2.45, 2.75) is 58.6 Å². The predicted octanol–water partition coefficient (Wildman–Crippen LogP) is 3.57. The minimum absolute atomic E-state index is 0.139. The highest BCUT2D eigenvalue weighted by atomic mass is 19.1. The number of nitrogens with one attached hydrogen (secondary N) is 1. The maximum Gasteiger partial charge on any atom is 0.408 e. The molecule has 1 aliphatic heterocycles. The molecule has 1 saturated heterocycles. The van der Waals surface area contributed by atoms with E-state index in [9.17, 15) is 14.0 Å². The van der Waals surface area contributed by atoms with Crippen molar-refractivity contribution in [1.29, 1.82) is 0 Å². The number of likely N-dealkylation sites (tertiary alicyclic amines) is 1. The van der Waals surface area contributed by atoms with Crippen LogP contribution in [0.25, 0.3) is 11.4 Å². The largest absolute Gasteiger partial charge is 0.444 e. The standard InChI is InChI=1S/C22H29FN4O4/c1-14(24-21(29)30-22(2,3)4)20(28)27-11-7-8-15(13-27)12-18-25-19(26-31-18)16-9-5-6-10-17(16)23/h5-6,9-10,14-15H,7-8,11-13H2,1-4H3,(H,24,29)/t14-,15-/m0/s1. The molecule has 1 aromatic heterocycles. The summed E-state index contributed by atoms with van der Waals surface area (Å²) in [5.74, 6) is 0.203. The zero-order chi connectivity index (χ0) is 22.6. The number of piperidine rings is 1. The lowest BCUT2D eigenvalue weighted by Gasteiger charge is -2.34. The van der Waals surface area contributed by atoms with Gasteiger partial charge in [0.2, 0.25) is 17.6 Å². The summed E-state index contributed by atoms with van der Waals surface area (Å²) in [4.78, 5) is 30.8. The van der Waals surface area contributed by atoms with Gasteiger partial charge in [-0.2, -0.15) is 4.98 Å². The van der Waals surface area contributed by atoms with E-state index in [-0.39, 0.29) is 17.6 Å². The molecule has 2 heterocycles. The first kappa shape index (κ1) is 22.7. The molecule has 2 aromatic rings. The number of aromatic nitrogens is 2. The summed E-state index contributed by atoms with van der Waals surface area (Å²) in [6, 6.07) is 5.58. The summed E-state index contributed by atoms with van der Waals surface area (Å²) in [5.41, 5.74) is -0.339. The number of carbonyl (C=O) groups excluding carboxylic acids is 2. The zero-order valence-electron chi connectivity index (χ0n) is 18.4. The molecular weight excluding hydrogens is 403 g/mol. The summed E-state index contributed by atoms with van der Waals surface area (Å²) in [6.07, 6.45) is 1.63. The number of amides is 2. The van der Waals surface area contributed by atoms with Gasteiger partial charge in [0.15, 0.2) is 0 Å². The van der Waals surface area contributed by atoms with Crippen LogP contribution in [0.3, 0.4) is 0 Å². The Morgan fingerprint density at radius 3 is 2.81 bits per heavy atom. The number of hydrogen-bond donors (Lipinski definition) is 1. The fraction of sp³-hybridized carbons (Fsp3) is 0.545. The van der Waals surface area contributed by atoms with Gasteiger partial charge >= 0.3 is 6.09 Å². The molecule has 0 aliphatic carbocycles. The molecule has 2 amide bonds. The zero-order valence-corrected chi connectivity index (χ0v) is 18.4. The molecule has 0 unspecified atom stereocenters. The molecule has 8 nitrogen and oxygen atoms in total. The molecule has 0 saturated carbocycles. The van der Waals surface area contributed by atoms with E-state index in [1.54, 1.807) is 50.8 Å². The summed E-state index contributed by atoms with van der Waals surface area (Å²) in [7, 11) is 0. The van der Waals surface area contributed by atoms with E-state index in [2.05, 4.69) is 15.5 Å². The van der Waals surface area contributed by atoms with Crippen molar-refractivity contribution < 1.29 is 23.2 Å². The minimum Gasteiger partial charge on any atom is -0.444 e. The van der Waals surface area contributed by atoms with E-state index in [0.29, 0.717) is 31.0 Å². The van der Waals surface area contributed by atoms with E-state index in [1.165, 1.54) is 6.07 Å². The second-order valence-corrected chi connectivity index (χ2v) is 8.86. The van der Waals surface area contributed by atoms with E-state index < -0.39 is 23.6 Å². The van der Waals surface area contributed by atoms with Crippen LogP contribution in [0, 0.1) is 11.7 Å². The number of benzene rings is 1. The van der Waals surface area contributed by atoms with E-state index >= 15 is 0 Å². The lowest BCUT2D eigenvalue weighted by Crippen LogP contribution is -2.51. The number of ether oxygens (including phenoxy) is 1. The molecule has 0 bridgehead atoms. The Labute approximate surface area is 181 Å². The van der Waals surface area contributed by atoms with Gasteiger partial charge in [0, 0.05) is 19.5 Å². The third kappa shape index (κ3) is 6.26. The van der Waals surface area contributed by atoms with E-state index in [4.69, 9.17) is 9.26 Å². The van der Waals surface area contributed by atoms with Gasteiger partial charge in [-0.1, -0.05) is 17.3 Å². The second-order valence-electron chi connectivity index (χ2n) is 8.86. The molecule has 1 aromatic carbocycles. The Morgan fingerprint density at radius 2 is 2.10 bits per heavy atom. The van der Waals surface area contributed by atoms with Gasteiger partial charge in [-0.25, -0.2) is 9.18 Å². The normalized spacial score (nSPS) is 17.8. The van der Waals surface area contributed by atoms with Gasteiger partial charge < -0.3 is 19.5 Å². The highest BCUT2D eigenvalue weighted by Gasteiger charge is 2.29. The highest BCUT2D eigenvalue weighted by molar-refractivity contribution is 5.85. The van der Waals surface area contributed by atoms with E-state index in [1.807, 2.05) is 0 Å². The van der Waals surface area contributed by atoms with Gasteiger partial charge in [0.1, 0.15) is 17.5 Å². The van der Waals surface area contributed by atoms with Crippen LogP contribution in [0.5, 0.6) is 0 Å². The predicted molar refractivity (Wildman–Crippen MR) is 112 cm³/mol. The van der Waals surface area contributed by atoms with Crippen LogP contribution in [0.2, 0.25) is 0 Å². The van der Waals surface area contributed by atoms with Crippen LogP contribution >= 0.6 is 0 Å². The van der Waals surface area contributed by atoms with Crippen LogP contribution in [-0.2, 0) is 16.0 Å². The molecule has 168 valence electrons. The van der Waals surface area contributed by atoms with Gasteiger partial charge in [-0.3, -0.25) is 4.79 Å². The molecule has 1 fully saturated rings. The van der Waals surface area contributed by atoms with Crippen molar-refractivity contribution in [2.24, 2.45) is 5.92 Å². The van der Waals surface area contributed by atoms with Gasteiger partial charge in [0.25, 0.3) is 0 Å². The first-order chi connectivity index (χ1) is 14.6. The summed E-state index contributed by atoms with van der Waals surface area (Å²) < 4.78 is 24.5. The second kappa shape index (κ2) is 9.45. The Balaban J connectivity index is 1.56. The van der Waals surface area contributed by atoms with Crippen molar-refractivity contribution in [1.82, 2.24) is 20.4 Å². The van der Waals surface area contributed by atoms with Crippen LogP contribution in [0.1, 0.15) is 46.4 Å². The molecule has 0 radical (unpaired) electrons. The average Bonchev–Trinajstić information content (AvgIpc) is 3.14. The average molecular weight is 432 g/mol. The van der Waals surface area contributed by atoms with Gasteiger partial charge in [-0.15, -0.1) is 0 Å².